The molecule has 0 fully saturated rings. The van der Waals surface area contributed by atoms with Crippen molar-refractivity contribution in [3.8, 4) is 0 Å². The highest BCUT2D eigenvalue weighted by atomic mass is 16.5. The van der Waals surface area contributed by atoms with Crippen molar-refractivity contribution in [3.05, 3.63) is 17.8 Å². The van der Waals surface area contributed by atoms with Crippen molar-refractivity contribution in [1.82, 2.24) is 10.3 Å². The highest BCUT2D eigenvalue weighted by Gasteiger charge is 2.09. The van der Waals surface area contributed by atoms with E-state index in [1.54, 1.807) is 13.3 Å². The van der Waals surface area contributed by atoms with Crippen LogP contribution >= 0.6 is 0 Å². The van der Waals surface area contributed by atoms with Crippen LogP contribution in [-0.4, -0.2) is 25.2 Å². The topological polar surface area (TPSA) is 47.3 Å². The number of ether oxygens (including phenoxy) is 1. The molecule has 1 aromatic heterocycles. The smallest absolute Gasteiger partial charge is 0.211 e. The van der Waals surface area contributed by atoms with E-state index >= 15 is 0 Å². The molecule has 4 heteroatoms. The van der Waals surface area contributed by atoms with E-state index in [4.69, 9.17) is 9.15 Å². The van der Waals surface area contributed by atoms with Crippen LogP contribution in [0.4, 0.5) is 0 Å². The van der Waals surface area contributed by atoms with Crippen LogP contribution in [0.5, 0.6) is 0 Å². The lowest BCUT2D eigenvalue weighted by atomic mass is 10.3. The third kappa shape index (κ3) is 3.16. The molecule has 0 radical (unpaired) electrons. The van der Waals surface area contributed by atoms with Gasteiger partial charge in [0.05, 0.1) is 18.8 Å². The van der Waals surface area contributed by atoms with Gasteiger partial charge in [0.2, 0.25) is 5.89 Å². The Bertz CT molecular complexity index is 248. The Morgan fingerprint density at radius 1 is 1.69 bits per heavy atom. The highest BCUT2D eigenvalue weighted by Crippen LogP contribution is 2.10. The zero-order valence-corrected chi connectivity index (χ0v) is 8.33. The Morgan fingerprint density at radius 2 is 2.46 bits per heavy atom. The largest absolute Gasteiger partial charge is 0.444 e. The number of hydrogen-bond acceptors (Lipinski definition) is 4. The van der Waals surface area contributed by atoms with Crippen LogP contribution in [0.15, 0.2) is 10.6 Å². The maximum absolute atomic E-state index is 5.36. The van der Waals surface area contributed by atoms with Crippen LogP contribution in [0.3, 0.4) is 0 Å². The Morgan fingerprint density at radius 3 is 3.00 bits per heavy atom. The lowest BCUT2D eigenvalue weighted by Gasteiger charge is -2.08. The summed E-state index contributed by atoms with van der Waals surface area (Å²) in [7, 11) is 1.68. The summed E-state index contributed by atoms with van der Waals surface area (Å²) in [6.07, 6.45) is 1.73. The molecule has 4 nitrogen and oxygen atoms in total. The molecule has 0 amide bonds. The molecule has 0 aliphatic heterocycles. The maximum Gasteiger partial charge on any atom is 0.211 e. The molecule has 1 unspecified atom stereocenters. The summed E-state index contributed by atoms with van der Waals surface area (Å²) in [6.45, 7) is 5.41. The van der Waals surface area contributed by atoms with Crippen molar-refractivity contribution < 1.29 is 9.15 Å². The first-order chi connectivity index (χ1) is 6.24. The first-order valence-electron chi connectivity index (χ1n) is 4.38. The van der Waals surface area contributed by atoms with E-state index in [1.165, 1.54) is 0 Å². The highest BCUT2D eigenvalue weighted by molar-refractivity contribution is 4.94. The third-order valence-corrected chi connectivity index (χ3v) is 1.77. The molecule has 0 aliphatic rings. The minimum atomic E-state index is 0.142. The minimum absolute atomic E-state index is 0.142. The number of hydrogen-bond donors (Lipinski definition) is 1. The molecule has 0 spiro atoms. The van der Waals surface area contributed by atoms with Crippen molar-refractivity contribution in [2.75, 3.05) is 20.3 Å². The van der Waals surface area contributed by atoms with Crippen LogP contribution in [0.2, 0.25) is 0 Å². The molecule has 1 atom stereocenters. The molecule has 74 valence electrons. The van der Waals surface area contributed by atoms with Crippen molar-refractivity contribution in [1.29, 1.82) is 0 Å². The van der Waals surface area contributed by atoms with Gasteiger partial charge in [0.25, 0.3) is 0 Å². The lowest BCUT2D eigenvalue weighted by Crippen LogP contribution is -2.22. The summed E-state index contributed by atoms with van der Waals surface area (Å²) >= 11 is 0. The molecular weight excluding hydrogens is 168 g/mol. The zero-order valence-electron chi connectivity index (χ0n) is 8.33. The molecule has 0 saturated carbocycles. The second-order valence-corrected chi connectivity index (χ2v) is 2.98. The van der Waals surface area contributed by atoms with E-state index < -0.39 is 0 Å². The van der Waals surface area contributed by atoms with Gasteiger partial charge in [0.15, 0.2) is 0 Å². The van der Waals surface area contributed by atoms with Crippen molar-refractivity contribution >= 4 is 0 Å². The molecule has 0 aliphatic carbocycles. The quantitative estimate of drug-likeness (QED) is 0.700. The predicted molar refractivity (Wildman–Crippen MR) is 49.5 cm³/mol. The van der Waals surface area contributed by atoms with Gasteiger partial charge in [-0.2, -0.15) is 0 Å². The molecule has 0 saturated heterocycles. The van der Waals surface area contributed by atoms with E-state index in [9.17, 15) is 0 Å². The number of aryl methyl sites for hydroxylation is 1. The van der Waals surface area contributed by atoms with Crippen LogP contribution < -0.4 is 5.32 Å². The molecule has 1 aromatic rings. The Balaban J connectivity index is 2.35. The fourth-order valence-electron chi connectivity index (χ4n) is 1.04. The average molecular weight is 184 g/mol. The van der Waals surface area contributed by atoms with Gasteiger partial charge in [-0.25, -0.2) is 4.98 Å². The molecule has 1 rings (SSSR count). The van der Waals surface area contributed by atoms with Crippen molar-refractivity contribution in [3.63, 3.8) is 0 Å². The number of oxazole rings is 1. The SMILES string of the molecule is COCCNC(C)c1ncc(C)o1. The molecular formula is C9H16N2O2. The minimum Gasteiger partial charge on any atom is -0.444 e. The van der Waals surface area contributed by atoms with Crippen molar-refractivity contribution in [2.45, 2.75) is 19.9 Å². The van der Waals surface area contributed by atoms with Crippen LogP contribution in [0.1, 0.15) is 24.6 Å². The van der Waals surface area contributed by atoms with Gasteiger partial charge >= 0.3 is 0 Å². The van der Waals surface area contributed by atoms with Gasteiger partial charge in [-0.05, 0) is 13.8 Å². The molecule has 0 aromatic carbocycles. The normalized spacial score (nSPS) is 13.2. The zero-order chi connectivity index (χ0) is 9.68. The van der Waals surface area contributed by atoms with E-state index in [0.29, 0.717) is 6.61 Å². The predicted octanol–water partition coefficient (Wildman–Crippen LogP) is 1.28. The average Bonchev–Trinajstić information content (AvgIpc) is 2.52. The lowest BCUT2D eigenvalue weighted by molar-refractivity contribution is 0.194. The maximum atomic E-state index is 5.36. The number of nitrogens with one attached hydrogen (secondary N) is 1. The van der Waals surface area contributed by atoms with Gasteiger partial charge in [0.1, 0.15) is 5.76 Å². The second kappa shape index (κ2) is 4.99. The summed E-state index contributed by atoms with van der Waals surface area (Å²) in [5.41, 5.74) is 0. The second-order valence-electron chi connectivity index (χ2n) is 2.98. The Kier molecular flexibility index (Phi) is 3.92. The fraction of sp³-hybridized carbons (Fsp3) is 0.667. The van der Waals surface area contributed by atoms with Crippen molar-refractivity contribution in [2.24, 2.45) is 0 Å². The first kappa shape index (κ1) is 10.2. The van der Waals surface area contributed by atoms with Gasteiger partial charge < -0.3 is 14.5 Å². The van der Waals surface area contributed by atoms with Gasteiger partial charge in [0, 0.05) is 13.7 Å². The summed E-state index contributed by atoms with van der Waals surface area (Å²) in [5.74, 6) is 1.57. The molecule has 1 heterocycles. The number of nitrogens with zero attached hydrogens (tertiary/aromatic N) is 1. The summed E-state index contributed by atoms with van der Waals surface area (Å²) < 4.78 is 10.3. The fourth-order valence-corrected chi connectivity index (χ4v) is 1.04. The first-order valence-corrected chi connectivity index (χ1v) is 4.38. The third-order valence-electron chi connectivity index (χ3n) is 1.77. The van der Waals surface area contributed by atoms with Crippen LogP contribution in [0, 0.1) is 6.92 Å². The van der Waals surface area contributed by atoms with E-state index in [2.05, 4.69) is 10.3 Å². The monoisotopic (exact) mass is 184 g/mol. The van der Waals surface area contributed by atoms with E-state index in [-0.39, 0.29) is 6.04 Å². The van der Waals surface area contributed by atoms with Gasteiger partial charge in [-0.1, -0.05) is 0 Å². The molecule has 1 N–H and O–H groups in total. The standard InChI is InChI=1S/C9H16N2O2/c1-7-6-11-9(13-7)8(2)10-4-5-12-3/h6,8,10H,4-5H2,1-3H3. The summed E-state index contributed by atoms with van der Waals surface area (Å²) in [5, 5.41) is 3.23. The van der Waals surface area contributed by atoms with E-state index in [0.717, 1.165) is 18.2 Å². The van der Waals surface area contributed by atoms with E-state index in [1.807, 2.05) is 13.8 Å². The van der Waals surface area contributed by atoms with Crippen LogP contribution in [-0.2, 0) is 4.74 Å². The van der Waals surface area contributed by atoms with Crippen LogP contribution in [0.25, 0.3) is 0 Å². The Labute approximate surface area is 78.3 Å². The molecule has 13 heavy (non-hydrogen) atoms. The molecule has 0 bridgehead atoms. The summed E-state index contributed by atoms with van der Waals surface area (Å²) in [6, 6.07) is 0.142. The Hall–Kier alpha value is -0.870. The number of rotatable bonds is 5. The number of aromatic nitrogens is 1. The number of methoxy groups -OCH3 is 1. The van der Waals surface area contributed by atoms with Gasteiger partial charge in [-0.3, -0.25) is 0 Å². The van der Waals surface area contributed by atoms with Gasteiger partial charge in [-0.15, -0.1) is 0 Å². The summed E-state index contributed by atoms with van der Waals surface area (Å²) in [4.78, 5) is 4.12.